The van der Waals surface area contributed by atoms with Crippen LogP contribution in [0.5, 0.6) is 0 Å². The van der Waals surface area contributed by atoms with Gasteiger partial charge in [0.05, 0.1) is 11.6 Å². The molecule has 2 aromatic rings. The highest BCUT2D eigenvalue weighted by Gasteiger charge is 2.36. The molecule has 0 aliphatic carbocycles. The molecule has 0 radical (unpaired) electrons. The number of likely N-dealkylation sites (tertiary alicyclic amines) is 1. The first kappa shape index (κ1) is 19.6. The Bertz CT molecular complexity index is 862. The molecule has 0 unspecified atom stereocenters. The zero-order chi connectivity index (χ0) is 20.2. The van der Waals surface area contributed by atoms with Crippen molar-refractivity contribution in [2.45, 2.75) is 38.8 Å². The number of para-hydroxylation sites is 1. The number of rotatable bonds is 5. The predicted molar refractivity (Wildman–Crippen MR) is 112 cm³/mol. The van der Waals surface area contributed by atoms with Gasteiger partial charge >= 0.3 is 0 Å². The summed E-state index contributed by atoms with van der Waals surface area (Å²) in [6.07, 6.45) is 3.98. The van der Waals surface area contributed by atoms with Crippen molar-refractivity contribution >= 4 is 17.5 Å². The monoisotopic (exact) mass is 392 g/mol. The van der Waals surface area contributed by atoms with Gasteiger partial charge in [-0.05, 0) is 43.5 Å². The van der Waals surface area contributed by atoms with E-state index in [0.717, 1.165) is 49.4 Å². The van der Waals surface area contributed by atoms with Crippen LogP contribution in [0.2, 0.25) is 0 Å². The summed E-state index contributed by atoms with van der Waals surface area (Å²) in [5.41, 5.74) is 3.05. The van der Waals surface area contributed by atoms with Gasteiger partial charge in [0, 0.05) is 50.5 Å². The van der Waals surface area contributed by atoms with E-state index in [1.807, 2.05) is 55.6 Å². The van der Waals surface area contributed by atoms with E-state index in [9.17, 15) is 9.59 Å². The molecular weight excluding hydrogens is 364 g/mol. The van der Waals surface area contributed by atoms with Crippen LogP contribution in [0.4, 0.5) is 5.69 Å². The van der Waals surface area contributed by atoms with Crippen molar-refractivity contribution < 1.29 is 9.59 Å². The third-order valence-electron chi connectivity index (χ3n) is 5.95. The Morgan fingerprint density at radius 1 is 1.14 bits per heavy atom. The number of hydrogen-bond acceptors (Lipinski definition) is 4. The molecule has 1 N–H and O–H groups in total. The smallest absolute Gasteiger partial charge is 0.227 e. The minimum absolute atomic E-state index is 0.0117. The zero-order valence-corrected chi connectivity index (χ0v) is 16.9. The van der Waals surface area contributed by atoms with Crippen LogP contribution in [0.3, 0.4) is 0 Å². The van der Waals surface area contributed by atoms with E-state index in [-0.39, 0.29) is 23.8 Å². The molecule has 6 nitrogen and oxygen atoms in total. The van der Waals surface area contributed by atoms with E-state index in [1.54, 1.807) is 4.90 Å². The highest BCUT2D eigenvalue weighted by Crippen LogP contribution is 2.28. The number of pyridine rings is 1. The predicted octanol–water partition coefficient (Wildman–Crippen LogP) is 2.52. The molecule has 4 rings (SSSR count). The normalized spacial score (nSPS) is 20.8. The van der Waals surface area contributed by atoms with Crippen molar-refractivity contribution in [1.29, 1.82) is 0 Å². The third-order valence-corrected chi connectivity index (χ3v) is 5.95. The van der Waals surface area contributed by atoms with Gasteiger partial charge in [0.15, 0.2) is 0 Å². The molecule has 29 heavy (non-hydrogen) atoms. The number of aromatic nitrogens is 1. The Hall–Kier alpha value is -2.73. The Morgan fingerprint density at radius 3 is 2.62 bits per heavy atom. The van der Waals surface area contributed by atoms with Gasteiger partial charge in [0.25, 0.3) is 0 Å². The summed E-state index contributed by atoms with van der Waals surface area (Å²) >= 11 is 0. The lowest BCUT2D eigenvalue weighted by Gasteiger charge is -2.32. The van der Waals surface area contributed by atoms with Crippen molar-refractivity contribution in [3.63, 3.8) is 0 Å². The molecule has 1 aromatic carbocycles. The molecule has 1 aromatic heterocycles. The largest absolute Gasteiger partial charge is 0.353 e. The third kappa shape index (κ3) is 4.65. The highest BCUT2D eigenvalue weighted by molar-refractivity contribution is 6.00. The number of anilines is 1. The Morgan fingerprint density at radius 2 is 1.90 bits per heavy atom. The number of benzene rings is 1. The number of piperidine rings is 1. The molecule has 0 bridgehead atoms. The van der Waals surface area contributed by atoms with Crippen LogP contribution in [0.15, 0.2) is 48.7 Å². The van der Waals surface area contributed by atoms with Crippen LogP contribution in [0, 0.1) is 12.8 Å². The summed E-state index contributed by atoms with van der Waals surface area (Å²) in [7, 11) is 0. The number of nitrogens with one attached hydrogen (secondary N) is 1. The topological polar surface area (TPSA) is 65.5 Å². The fraction of sp³-hybridized carbons (Fsp3) is 0.435. The Labute approximate surface area is 171 Å². The van der Waals surface area contributed by atoms with E-state index < -0.39 is 0 Å². The van der Waals surface area contributed by atoms with Crippen LogP contribution in [-0.2, 0) is 16.1 Å². The van der Waals surface area contributed by atoms with Crippen molar-refractivity contribution in [3.05, 3.63) is 59.9 Å². The van der Waals surface area contributed by atoms with Crippen LogP contribution in [0.1, 0.15) is 30.5 Å². The van der Waals surface area contributed by atoms with E-state index in [4.69, 9.17) is 0 Å². The lowest BCUT2D eigenvalue weighted by molar-refractivity contribution is -0.127. The van der Waals surface area contributed by atoms with Gasteiger partial charge in [-0.25, -0.2) is 0 Å². The highest BCUT2D eigenvalue weighted by atomic mass is 16.2. The fourth-order valence-corrected chi connectivity index (χ4v) is 4.26. The van der Waals surface area contributed by atoms with E-state index in [1.165, 1.54) is 0 Å². The quantitative estimate of drug-likeness (QED) is 0.849. The van der Waals surface area contributed by atoms with Crippen molar-refractivity contribution in [1.82, 2.24) is 15.2 Å². The molecular formula is C23H28N4O2. The summed E-state index contributed by atoms with van der Waals surface area (Å²) in [4.78, 5) is 33.8. The maximum absolute atomic E-state index is 12.8. The Kier molecular flexibility index (Phi) is 5.90. The second-order valence-corrected chi connectivity index (χ2v) is 8.07. The number of carbonyl (C=O) groups is 2. The van der Waals surface area contributed by atoms with Gasteiger partial charge in [0.2, 0.25) is 11.8 Å². The zero-order valence-electron chi connectivity index (χ0n) is 16.9. The molecule has 2 amide bonds. The molecule has 152 valence electrons. The van der Waals surface area contributed by atoms with E-state index in [2.05, 4.69) is 15.2 Å². The molecule has 0 saturated carbocycles. The second kappa shape index (κ2) is 8.74. The van der Waals surface area contributed by atoms with Crippen LogP contribution in [-0.4, -0.2) is 47.4 Å². The fourth-order valence-electron chi connectivity index (χ4n) is 4.26. The number of aryl methyl sites for hydroxylation is 1. The molecule has 2 saturated heterocycles. The summed E-state index contributed by atoms with van der Waals surface area (Å²) in [6.45, 7) is 5.20. The SMILES string of the molecule is Cc1ccccc1N1C[C@H](C(=O)NC2CCN(Cc3ccccn3)CC2)CC1=O. The molecule has 3 heterocycles. The minimum Gasteiger partial charge on any atom is -0.353 e. The molecule has 0 spiro atoms. The first-order valence-electron chi connectivity index (χ1n) is 10.4. The average Bonchev–Trinajstić information content (AvgIpc) is 3.12. The van der Waals surface area contributed by atoms with Gasteiger partial charge in [-0.3, -0.25) is 19.5 Å². The molecule has 2 aliphatic rings. The van der Waals surface area contributed by atoms with Crippen molar-refractivity contribution in [2.75, 3.05) is 24.5 Å². The summed E-state index contributed by atoms with van der Waals surface area (Å²) in [5, 5.41) is 3.19. The van der Waals surface area contributed by atoms with Crippen LogP contribution in [0.25, 0.3) is 0 Å². The minimum atomic E-state index is -0.270. The van der Waals surface area contributed by atoms with Crippen molar-refractivity contribution in [3.8, 4) is 0 Å². The Balaban J connectivity index is 1.27. The average molecular weight is 393 g/mol. The molecule has 6 heteroatoms. The number of hydrogen-bond donors (Lipinski definition) is 1. The maximum Gasteiger partial charge on any atom is 0.227 e. The van der Waals surface area contributed by atoms with Crippen LogP contribution >= 0.6 is 0 Å². The standard InChI is InChI=1S/C23H28N4O2/c1-17-6-2-3-8-21(17)27-15-18(14-22(27)28)23(29)25-19-9-12-26(13-10-19)16-20-7-4-5-11-24-20/h2-8,11,18-19H,9-10,12-16H2,1H3,(H,25,29)/t18-/m1/s1. The van der Waals surface area contributed by atoms with E-state index >= 15 is 0 Å². The molecule has 2 fully saturated rings. The van der Waals surface area contributed by atoms with Crippen LogP contribution < -0.4 is 10.2 Å². The molecule has 1 atom stereocenters. The first-order valence-corrected chi connectivity index (χ1v) is 10.4. The van der Waals surface area contributed by atoms with Gasteiger partial charge in [-0.2, -0.15) is 0 Å². The number of nitrogens with zero attached hydrogens (tertiary/aromatic N) is 3. The van der Waals surface area contributed by atoms with Gasteiger partial charge in [-0.1, -0.05) is 24.3 Å². The summed E-state index contributed by atoms with van der Waals surface area (Å²) in [5.74, 6) is -0.226. The summed E-state index contributed by atoms with van der Waals surface area (Å²) < 4.78 is 0. The van der Waals surface area contributed by atoms with Crippen molar-refractivity contribution in [2.24, 2.45) is 5.92 Å². The number of amides is 2. The lowest BCUT2D eigenvalue weighted by atomic mass is 10.0. The van der Waals surface area contributed by atoms with E-state index in [0.29, 0.717) is 13.0 Å². The summed E-state index contributed by atoms with van der Waals surface area (Å²) in [6, 6.07) is 14.0. The first-order chi connectivity index (χ1) is 14.1. The molecule has 2 aliphatic heterocycles. The van der Waals surface area contributed by atoms with Gasteiger partial charge < -0.3 is 10.2 Å². The maximum atomic E-state index is 12.8. The van der Waals surface area contributed by atoms with Gasteiger partial charge in [-0.15, -0.1) is 0 Å². The number of carbonyl (C=O) groups excluding carboxylic acids is 2. The van der Waals surface area contributed by atoms with Gasteiger partial charge in [0.1, 0.15) is 0 Å². The lowest BCUT2D eigenvalue weighted by Crippen LogP contribution is -2.46. The second-order valence-electron chi connectivity index (χ2n) is 8.07.